The molecule has 5 rings (SSSR count). The molecule has 8 nitrogen and oxygen atoms in total. The van der Waals surface area contributed by atoms with Gasteiger partial charge < -0.3 is 14.6 Å². The van der Waals surface area contributed by atoms with Gasteiger partial charge in [0, 0.05) is 25.4 Å². The van der Waals surface area contributed by atoms with Gasteiger partial charge in [-0.05, 0) is 36.4 Å². The number of H-pyrrole nitrogens is 1. The molecule has 3 heterocycles. The highest BCUT2D eigenvalue weighted by molar-refractivity contribution is 5.81. The summed E-state index contributed by atoms with van der Waals surface area (Å²) < 4.78 is 99.0. The summed E-state index contributed by atoms with van der Waals surface area (Å²) in [4.78, 5) is 11.7. The van der Waals surface area contributed by atoms with Gasteiger partial charge in [-0.2, -0.15) is 31.4 Å². The van der Waals surface area contributed by atoms with Crippen LogP contribution in [-0.2, 0) is 19.4 Å². The molecular formula is C23H14F7N7O. The van der Waals surface area contributed by atoms with E-state index in [-0.39, 0.29) is 29.0 Å². The molecule has 15 heteroatoms. The molecule has 0 amide bonds. The zero-order chi connectivity index (χ0) is 27.2. The number of pyridine rings is 1. The summed E-state index contributed by atoms with van der Waals surface area (Å²) in [5.41, 5.74) is -0.462. The fourth-order valence-corrected chi connectivity index (χ4v) is 3.51. The Labute approximate surface area is 208 Å². The highest BCUT2D eigenvalue weighted by atomic mass is 19.4. The first-order chi connectivity index (χ1) is 17.9. The van der Waals surface area contributed by atoms with E-state index < -0.39 is 35.2 Å². The first kappa shape index (κ1) is 25.0. The van der Waals surface area contributed by atoms with Gasteiger partial charge in [0.05, 0.1) is 22.3 Å². The molecule has 0 bridgehead atoms. The van der Waals surface area contributed by atoms with Gasteiger partial charge in [-0.25, -0.2) is 14.4 Å². The first-order valence-corrected chi connectivity index (χ1v) is 10.6. The summed E-state index contributed by atoms with van der Waals surface area (Å²) >= 11 is 0. The van der Waals surface area contributed by atoms with Crippen LogP contribution in [0.1, 0.15) is 11.4 Å². The maximum absolute atomic E-state index is 14.2. The number of anilines is 2. The molecule has 3 aromatic heterocycles. The third-order valence-corrected chi connectivity index (χ3v) is 5.34. The van der Waals surface area contributed by atoms with Crippen LogP contribution in [0.25, 0.3) is 22.6 Å². The Balaban J connectivity index is 1.40. The second-order valence-corrected chi connectivity index (χ2v) is 7.95. The molecule has 38 heavy (non-hydrogen) atoms. The largest absolute Gasteiger partial charge is 0.457 e. The predicted octanol–water partition coefficient (Wildman–Crippen LogP) is 6.47. The van der Waals surface area contributed by atoms with Gasteiger partial charge in [0.1, 0.15) is 23.0 Å². The summed E-state index contributed by atoms with van der Waals surface area (Å²) in [6.45, 7) is 0. The third kappa shape index (κ3) is 4.94. The fourth-order valence-electron chi connectivity index (χ4n) is 3.51. The molecule has 0 aliphatic heterocycles. The van der Waals surface area contributed by atoms with Crippen LogP contribution >= 0.6 is 0 Å². The quantitative estimate of drug-likeness (QED) is 0.250. The lowest BCUT2D eigenvalue weighted by atomic mass is 10.2. The molecule has 2 N–H and O–H groups in total. The zero-order valence-corrected chi connectivity index (χ0v) is 19.0. The number of halogens is 7. The molecule has 0 fully saturated rings. The van der Waals surface area contributed by atoms with E-state index in [4.69, 9.17) is 4.74 Å². The monoisotopic (exact) mass is 537 g/mol. The van der Waals surface area contributed by atoms with Gasteiger partial charge in [0.15, 0.2) is 5.82 Å². The van der Waals surface area contributed by atoms with Crippen molar-refractivity contribution in [1.82, 2.24) is 29.7 Å². The number of rotatable bonds is 5. The predicted molar refractivity (Wildman–Crippen MR) is 120 cm³/mol. The van der Waals surface area contributed by atoms with Crippen LogP contribution in [0.5, 0.6) is 11.5 Å². The number of hydrogen-bond donors (Lipinski definition) is 2. The number of nitrogens with zero attached hydrogens (tertiary/aromatic N) is 5. The van der Waals surface area contributed by atoms with Crippen LogP contribution in [0.2, 0.25) is 0 Å². The summed E-state index contributed by atoms with van der Waals surface area (Å²) in [5, 5.41) is 7.92. The number of fused-ring (bicyclic) bond motifs is 1. The summed E-state index contributed by atoms with van der Waals surface area (Å²) in [6, 6.07) is 9.54. The number of aromatic amines is 1. The number of imidazole rings is 1. The number of aryl methyl sites for hydroxylation is 1. The topological polar surface area (TPSA) is 93.5 Å². The first-order valence-electron chi connectivity index (χ1n) is 10.6. The Morgan fingerprint density at radius 1 is 0.895 bits per heavy atom. The lowest BCUT2D eigenvalue weighted by molar-refractivity contribution is -0.144. The van der Waals surface area contributed by atoms with Crippen LogP contribution in [-0.4, -0.2) is 29.7 Å². The third-order valence-electron chi connectivity index (χ3n) is 5.34. The molecule has 0 saturated heterocycles. The van der Waals surface area contributed by atoms with E-state index >= 15 is 0 Å². The Morgan fingerprint density at radius 3 is 2.37 bits per heavy atom. The van der Waals surface area contributed by atoms with Crippen molar-refractivity contribution >= 4 is 22.7 Å². The Bertz CT molecular complexity index is 1640. The normalized spacial score (nSPS) is 12.2. The van der Waals surface area contributed by atoms with Crippen LogP contribution in [0.4, 0.5) is 42.4 Å². The SMILES string of the molecule is Cn1c(Nc2cc(C(F)(F)F)ccc2F)nc2cc(Oc3ccnc(-c4n[nH]c(C(F)(F)F)n4)c3)ccc21. The molecule has 0 unspecified atom stereocenters. The van der Waals surface area contributed by atoms with E-state index in [9.17, 15) is 30.7 Å². The van der Waals surface area contributed by atoms with Crippen LogP contribution < -0.4 is 10.1 Å². The van der Waals surface area contributed by atoms with Gasteiger partial charge in [0.2, 0.25) is 11.8 Å². The summed E-state index contributed by atoms with van der Waals surface area (Å²) in [6.07, 6.45) is -8.04. The number of ether oxygens (including phenoxy) is 1. The maximum Gasteiger partial charge on any atom is 0.451 e. The van der Waals surface area contributed by atoms with E-state index in [0.29, 0.717) is 29.2 Å². The van der Waals surface area contributed by atoms with Crippen molar-refractivity contribution in [3.05, 3.63) is 71.9 Å². The Morgan fingerprint density at radius 2 is 1.66 bits per heavy atom. The fraction of sp³-hybridized carbons (Fsp3) is 0.130. The molecule has 0 saturated carbocycles. The lowest BCUT2D eigenvalue weighted by Gasteiger charge is -2.11. The second kappa shape index (κ2) is 9.00. The molecule has 0 radical (unpaired) electrons. The van der Waals surface area contributed by atoms with Gasteiger partial charge in [-0.15, -0.1) is 0 Å². The summed E-state index contributed by atoms with van der Waals surface area (Å²) in [7, 11) is 1.59. The molecule has 0 aliphatic carbocycles. The Kier molecular flexibility index (Phi) is 5.92. The van der Waals surface area contributed by atoms with Gasteiger partial charge in [-0.3, -0.25) is 10.1 Å². The van der Waals surface area contributed by atoms with Crippen LogP contribution in [0.3, 0.4) is 0 Å². The van der Waals surface area contributed by atoms with Crippen LogP contribution in [0.15, 0.2) is 54.7 Å². The van der Waals surface area contributed by atoms with E-state index in [2.05, 4.69) is 25.4 Å². The zero-order valence-electron chi connectivity index (χ0n) is 19.0. The van der Waals surface area contributed by atoms with E-state index in [1.165, 1.54) is 29.0 Å². The molecule has 0 atom stereocenters. The molecule has 0 aliphatic rings. The number of nitrogens with one attached hydrogen (secondary N) is 2. The number of benzene rings is 2. The number of alkyl halides is 6. The van der Waals surface area contributed by atoms with Crippen molar-refractivity contribution in [2.24, 2.45) is 7.05 Å². The molecule has 0 spiro atoms. The molecular weight excluding hydrogens is 523 g/mol. The highest BCUT2D eigenvalue weighted by Crippen LogP contribution is 2.34. The van der Waals surface area contributed by atoms with Crippen molar-refractivity contribution in [3.8, 4) is 23.0 Å². The van der Waals surface area contributed by atoms with Crippen molar-refractivity contribution in [2.75, 3.05) is 5.32 Å². The second-order valence-electron chi connectivity index (χ2n) is 7.95. The number of aromatic nitrogens is 6. The van der Waals surface area contributed by atoms with E-state index in [1.807, 2.05) is 5.10 Å². The number of hydrogen-bond acceptors (Lipinski definition) is 6. The molecule has 196 valence electrons. The van der Waals surface area contributed by atoms with Gasteiger partial charge in [-0.1, -0.05) is 0 Å². The van der Waals surface area contributed by atoms with Crippen molar-refractivity contribution < 1.29 is 35.5 Å². The minimum atomic E-state index is -4.70. The lowest BCUT2D eigenvalue weighted by Crippen LogP contribution is -2.07. The maximum atomic E-state index is 14.2. The average Bonchev–Trinajstić information content (AvgIpc) is 3.46. The van der Waals surface area contributed by atoms with Crippen molar-refractivity contribution in [1.29, 1.82) is 0 Å². The summed E-state index contributed by atoms with van der Waals surface area (Å²) in [5.74, 6) is -1.86. The molecule has 5 aromatic rings. The Hall–Kier alpha value is -4.69. The highest BCUT2D eigenvalue weighted by Gasteiger charge is 2.35. The molecule has 2 aromatic carbocycles. The van der Waals surface area contributed by atoms with E-state index in [1.54, 1.807) is 19.2 Å². The van der Waals surface area contributed by atoms with Gasteiger partial charge >= 0.3 is 12.4 Å². The standard InChI is InChI=1S/C23H14F7N7O/c1-37-18-5-3-12(38-13-6-7-31-17(10-13)19-34-20(36-35-19)23(28,29)30)9-16(18)33-21(37)32-15-8-11(22(25,26)27)2-4-14(15)24/h2-10H,1H3,(H,32,33)(H,34,35,36). The minimum absolute atomic E-state index is 0.0303. The van der Waals surface area contributed by atoms with Gasteiger partial charge in [0.25, 0.3) is 0 Å². The van der Waals surface area contributed by atoms with Crippen LogP contribution in [0, 0.1) is 5.82 Å². The minimum Gasteiger partial charge on any atom is -0.457 e. The van der Waals surface area contributed by atoms with Crippen molar-refractivity contribution in [2.45, 2.75) is 12.4 Å². The van der Waals surface area contributed by atoms with Crippen molar-refractivity contribution in [3.63, 3.8) is 0 Å². The average molecular weight is 537 g/mol. The smallest absolute Gasteiger partial charge is 0.451 e. The van der Waals surface area contributed by atoms with E-state index in [0.717, 1.165) is 0 Å².